The lowest BCUT2D eigenvalue weighted by Crippen LogP contribution is -2.37. The first-order chi connectivity index (χ1) is 9.12. The van der Waals surface area contributed by atoms with Crippen molar-refractivity contribution in [2.45, 2.75) is 0 Å². The summed E-state index contributed by atoms with van der Waals surface area (Å²) in [5.74, 6) is -0.120. The van der Waals surface area contributed by atoms with Gasteiger partial charge in [0.2, 0.25) is 0 Å². The zero-order chi connectivity index (χ0) is 14.3. The van der Waals surface area contributed by atoms with Crippen LogP contribution in [0.2, 0.25) is 0 Å². The number of carbonyl (C=O) groups is 1. The van der Waals surface area contributed by atoms with Gasteiger partial charge in [-0.1, -0.05) is 6.08 Å². The highest BCUT2D eigenvalue weighted by atomic mass is 19.1. The quantitative estimate of drug-likeness (QED) is 0.774. The Hall–Kier alpha value is -2.08. The van der Waals surface area contributed by atoms with Gasteiger partial charge in [-0.05, 0) is 12.1 Å². The van der Waals surface area contributed by atoms with E-state index in [-0.39, 0.29) is 25.4 Å². The van der Waals surface area contributed by atoms with E-state index in [1.165, 1.54) is 36.3 Å². The molecule has 0 saturated heterocycles. The summed E-state index contributed by atoms with van der Waals surface area (Å²) in [6.45, 7) is 3.75. The molecule has 5 nitrogen and oxygen atoms in total. The largest absolute Gasteiger partial charge is 0.497 e. The first-order valence-corrected chi connectivity index (χ1v) is 5.73. The number of methoxy groups -OCH3 is 1. The molecule has 0 atom stereocenters. The number of nitrogens with one attached hydrogen (secondary N) is 1. The summed E-state index contributed by atoms with van der Waals surface area (Å²) in [5.41, 5.74) is 0.0244. The lowest BCUT2D eigenvalue weighted by atomic mass is 10.3. The second kappa shape index (κ2) is 7.38. The van der Waals surface area contributed by atoms with Crippen molar-refractivity contribution in [1.29, 1.82) is 0 Å². The molecule has 104 valence electrons. The second-order valence-corrected chi connectivity index (χ2v) is 3.73. The first kappa shape index (κ1) is 15.0. The van der Waals surface area contributed by atoms with Gasteiger partial charge >= 0.3 is 6.03 Å². The highest BCUT2D eigenvalue weighted by Gasteiger charge is 2.14. The van der Waals surface area contributed by atoms with Gasteiger partial charge in [0.1, 0.15) is 11.6 Å². The normalized spacial score (nSPS) is 9.84. The van der Waals surface area contributed by atoms with Crippen molar-refractivity contribution in [3.05, 3.63) is 36.7 Å². The molecule has 1 aromatic carbocycles. The van der Waals surface area contributed by atoms with Crippen molar-refractivity contribution in [3.8, 4) is 5.75 Å². The molecule has 19 heavy (non-hydrogen) atoms. The van der Waals surface area contributed by atoms with Crippen LogP contribution in [0.3, 0.4) is 0 Å². The van der Waals surface area contributed by atoms with E-state index in [9.17, 15) is 9.18 Å². The Kier molecular flexibility index (Phi) is 5.81. The third kappa shape index (κ3) is 4.26. The summed E-state index contributed by atoms with van der Waals surface area (Å²) in [4.78, 5) is 13.2. The van der Waals surface area contributed by atoms with E-state index in [2.05, 4.69) is 11.9 Å². The number of urea groups is 1. The molecule has 0 aliphatic heterocycles. The Bertz CT molecular complexity index is 452. The number of amides is 2. The minimum absolute atomic E-state index is 0.0244. The average molecular weight is 268 g/mol. The predicted molar refractivity (Wildman–Crippen MR) is 70.8 cm³/mol. The number of aliphatic hydroxyl groups excluding tert-OH is 1. The van der Waals surface area contributed by atoms with Crippen LogP contribution in [0.4, 0.5) is 14.9 Å². The Morgan fingerprint density at radius 3 is 2.95 bits per heavy atom. The highest BCUT2D eigenvalue weighted by Crippen LogP contribution is 2.21. The fraction of sp³-hybridized carbons (Fsp3) is 0.308. The summed E-state index contributed by atoms with van der Waals surface area (Å²) in [6.07, 6.45) is 1.52. The van der Waals surface area contributed by atoms with E-state index in [1.54, 1.807) is 0 Å². The smallest absolute Gasteiger partial charge is 0.322 e. The van der Waals surface area contributed by atoms with Crippen LogP contribution < -0.4 is 10.1 Å². The molecule has 0 spiro atoms. The molecule has 0 radical (unpaired) electrons. The summed E-state index contributed by atoms with van der Waals surface area (Å²) in [5, 5.41) is 11.3. The lowest BCUT2D eigenvalue weighted by molar-refractivity contribution is 0.195. The number of halogens is 1. The maximum absolute atomic E-state index is 13.5. The van der Waals surface area contributed by atoms with E-state index in [4.69, 9.17) is 9.84 Å². The Morgan fingerprint density at radius 1 is 1.63 bits per heavy atom. The van der Waals surface area contributed by atoms with E-state index in [0.29, 0.717) is 5.75 Å². The van der Waals surface area contributed by atoms with Crippen molar-refractivity contribution < 1.29 is 19.0 Å². The molecule has 2 N–H and O–H groups in total. The van der Waals surface area contributed by atoms with Crippen molar-refractivity contribution in [2.75, 3.05) is 32.1 Å². The zero-order valence-electron chi connectivity index (χ0n) is 10.7. The van der Waals surface area contributed by atoms with Crippen LogP contribution in [0, 0.1) is 5.82 Å². The number of aliphatic hydroxyl groups is 1. The van der Waals surface area contributed by atoms with Crippen LogP contribution in [0.1, 0.15) is 0 Å². The maximum atomic E-state index is 13.5. The number of benzene rings is 1. The SMILES string of the molecule is C=CCN(CCO)C(=O)Nc1cc(OC)ccc1F. The van der Waals surface area contributed by atoms with Gasteiger partial charge in [-0.3, -0.25) is 0 Å². The zero-order valence-corrected chi connectivity index (χ0v) is 10.7. The Labute approximate surface area is 111 Å². The molecule has 0 unspecified atom stereocenters. The number of carbonyl (C=O) groups excluding carboxylic acids is 1. The van der Waals surface area contributed by atoms with Gasteiger partial charge in [0.25, 0.3) is 0 Å². The number of anilines is 1. The van der Waals surface area contributed by atoms with Gasteiger partial charge < -0.3 is 20.1 Å². The predicted octanol–water partition coefficient (Wildman–Crippen LogP) is 1.85. The first-order valence-electron chi connectivity index (χ1n) is 5.73. The molecule has 0 aliphatic carbocycles. The van der Waals surface area contributed by atoms with Crippen LogP contribution in [0.25, 0.3) is 0 Å². The van der Waals surface area contributed by atoms with Gasteiger partial charge in [-0.15, -0.1) is 6.58 Å². The van der Waals surface area contributed by atoms with Crippen LogP contribution >= 0.6 is 0 Å². The van der Waals surface area contributed by atoms with E-state index < -0.39 is 11.8 Å². The lowest BCUT2D eigenvalue weighted by Gasteiger charge is -2.20. The minimum atomic E-state index is -0.559. The molecule has 0 saturated carbocycles. The number of nitrogens with zero attached hydrogens (tertiary/aromatic N) is 1. The number of hydrogen-bond acceptors (Lipinski definition) is 3. The van der Waals surface area contributed by atoms with Crippen LogP contribution in [-0.2, 0) is 0 Å². The molecule has 0 fully saturated rings. The van der Waals surface area contributed by atoms with Gasteiger partial charge in [-0.2, -0.15) is 0 Å². The number of hydrogen-bond donors (Lipinski definition) is 2. The van der Waals surface area contributed by atoms with Crippen LogP contribution in [0.15, 0.2) is 30.9 Å². The number of rotatable bonds is 6. The van der Waals surface area contributed by atoms with Gasteiger partial charge in [0.05, 0.1) is 19.4 Å². The van der Waals surface area contributed by atoms with Crippen LogP contribution in [-0.4, -0.2) is 42.8 Å². The highest BCUT2D eigenvalue weighted by molar-refractivity contribution is 5.89. The molecule has 1 rings (SSSR count). The molecular weight excluding hydrogens is 251 g/mol. The van der Waals surface area contributed by atoms with E-state index in [0.717, 1.165) is 0 Å². The van der Waals surface area contributed by atoms with Gasteiger partial charge in [0, 0.05) is 19.2 Å². The van der Waals surface area contributed by atoms with Crippen molar-refractivity contribution in [2.24, 2.45) is 0 Å². The van der Waals surface area contributed by atoms with Crippen LogP contribution in [0.5, 0.6) is 5.75 Å². The van der Waals surface area contributed by atoms with E-state index >= 15 is 0 Å². The second-order valence-electron chi connectivity index (χ2n) is 3.73. The maximum Gasteiger partial charge on any atom is 0.322 e. The molecular formula is C13H17FN2O3. The summed E-state index contributed by atoms with van der Waals surface area (Å²) >= 11 is 0. The fourth-order valence-corrected chi connectivity index (χ4v) is 1.47. The minimum Gasteiger partial charge on any atom is -0.497 e. The standard InChI is InChI=1S/C13H17FN2O3/c1-3-6-16(7-8-17)13(18)15-12-9-10(19-2)4-5-11(12)14/h3-5,9,17H,1,6-8H2,2H3,(H,15,18). The molecule has 1 aromatic rings. The Balaban J connectivity index is 2.81. The monoisotopic (exact) mass is 268 g/mol. The summed E-state index contributed by atoms with van der Waals surface area (Å²) < 4.78 is 18.5. The molecule has 2 amide bonds. The van der Waals surface area contributed by atoms with Crippen molar-refractivity contribution >= 4 is 11.7 Å². The third-order valence-corrected chi connectivity index (χ3v) is 2.42. The molecule has 0 heterocycles. The van der Waals surface area contributed by atoms with Crippen molar-refractivity contribution in [1.82, 2.24) is 4.90 Å². The van der Waals surface area contributed by atoms with Crippen molar-refractivity contribution in [3.63, 3.8) is 0 Å². The molecule has 6 heteroatoms. The number of ether oxygens (including phenoxy) is 1. The summed E-state index contributed by atoms with van der Waals surface area (Å²) in [6, 6.07) is 3.54. The molecule has 0 aromatic heterocycles. The fourth-order valence-electron chi connectivity index (χ4n) is 1.47. The summed E-state index contributed by atoms with van der Waals surface area (Å²) in [7, 11) is 1.45. The Morgan fingerprint density at radius 2 is 2.37 bits per heavy atom. The third-order valence-electron chi connectivity index (χ3n) is 2.42. The average Bonchev–Trinajstić information content (AvgIpc) is 2.41. The van der Waals surface area contributed by atoms with E-state index in [1.807, 2.05) is 0 Å². The van der Waals surface area contributed by atoms with Gasteiger partial charge in [0.15, 0.2) is 0 Å². The topological polar surface area (TPSA) is 61.8 Å². The molecule has 0 bridgehead atoms. The van der Waals surface area contributed by atoms with Gasteiger partial charge in [-0.25, -0.2) is 9.18 Å². The molecule has 0 aliphatic rings.